The number of rotatable bonds is 12. The Labute approximate surface area is 132 Å². The molecule has 0 aromatic heterocycles. The highest BCUT2D eigenvalue weighted by molar-refractivity contribution is 6.76. The fraction of sp³-hybridized carbons (Fsp3) is 0.882. The molecule has 1 unspecified atom stereocenters. The largest absolute Gasteiger partial charge is 0.373 e. The number of ether oxygens (including phenoxy) is 3. The van der Waals surface area contributed by atoms with Crippen LogP contribution in [0, 0.1) is 5.92 Å². The van der Waals surface area contributed by atoms with E-state index in [1.165, 1.54) is 24.5 Å². The molecule has 124 valence electrons. The van der Waals surface area contributed by atoms with Gasteiger partial charge in [-0.2, -0.15) is 0 Å². The third-order valence-corrected chi connectivity index (χ3v) is 5.42. The second-order valence-corrected chi connectivity index (χ2v) is 13.2. The first kappa shape index (κ1) is 18.9. The molecule has 1 aliphatic heterocycles. The van der Waals surface area contributed by atoms with E-state index < -0.39 is 8.07 Å². The molecule has 1 saturated heterocycles. The van der Waals surface area contributed by atoms with Crippen LogP contribution in [0.2, 0.25) is 25.7 Å². The molecule has 0 aromatic carbocycles. The minimum absolute atomic E-state index is 0.422. The van der Waals surface area contributed by atoms with Crippen molar-refractivity contribution in [2.24, 2.45) is 5.92 Å². The third kappa shape index (κ3) is 12.1. The Morgan fingerprint density at radius 2 is 2.05 bits per heavy atom. The van der Waals surface area contributed by atoms with Crippen LogP contribution in [-0.4, -0.2) is 40.8 Å². The maximum Gasteiger partial charge on any atom is 0.147 e. The van der Waals surface area contributed by atoms with Crippen LogP contribution >= 0.6 is 0 Å². The molecule has 0 N–H and O–H groups in total. The van der Waals surface area contributed by atoms with Gasteiger partial charge in [-0.05, 0) is 38.1 Å². The predicted octanol–water partition coefficient (Wildman–Crippen LogP) is 4.47. The molecule has 1 heterocycles. The summed E-state index contributed by atoms with van der Waals surface area (Å²) in [5.74, 6) is 0.757. The standard InChI is InChI=1S/C17H34O3Si/c1-15(11-17-13-20-17)7-6-8-16(2)12-19-14-18-9-10-21(3,4)5/h8,15,17H,6-7,9-14H2,1-5H3/b16-8+/t15-,17?/m0/s1. The molecule has 1 aliphatic rings. The van der Waals surface area contributed by atoms with Crippen molar-refractivity contribution in [2.75, 3.05) is 26.6 Å². The van der Waals surface area contributed by atoms with Crippen molar-refractivity contribution < 1.29 is 14.2 Å². The second-order valence-electron chi connectivity index (χ2n) is 7.61. The molecular weight excluding hydrogens is 280 g/mol. The summed E-state index contributed by atoms with van der Waals surface area (Å²) in [6, 6.07) is 1.20. The van der Waals surface area contributed by atoms with Crippen LogP contribution in [0.1, 0.15) is 33.1 Å². The third-order valence-electron chi connectivity index (χ3n) is 3.71. The SMILES string of the molecule is C/C(=C\CC[C@H](C)CC1CO1)COCOCC[Si](C)(C)C. The van der Waals surface area contributed by atoms with Crippen LogP contribution < -0.4 is 0 Å². The highest BCUT2D eigenvalue weighted by Crippen LogP contribution is 2.22. The first-order chi connectivity index (χ1) is 9.87. The fourth-order valence-electron chi connectivity index (χ4n) is 2.14. The molecule has 1 fully saturated rings. The Morgan fingerprint density at radius 3 is 2.67 bits per heavy atom. The van der Waals surface area contributed by atoms with Crippen LogP contribution in [-0.2, 0) is 14.2 Å². The van der Waals surface area contributed by atoms with Crippen molar-refractivity contribution in [3.05, 3.63) is 11.6 Å². The summed E-state index contributed by atoms with van der Waals surface area (Å²) in [5, 5.41) is 0. The van der Waals surface area contributed by atoms with Crippen molar-refractivity contribution in [1.29, 1.82) is 0 Å². The topological polar surface area (TPSA) is 31.0 Å². The smallest absolute Gasteiger partial charge is 0.147 e. The summed E-state index contributed by atoms with van der Waals surface area (Å²) in [4.78, 5) is 0. The van der Waals surface area contributed by atoms with E-state index in [0.29, 0.717) is 19.5 Å². The number of hydrogen-bond donors (Lipinski definition) is 0. The monoisotopic (exact) mass is 314 g/mol. The van der Waals surface area contributed by atoms with E-state index in [9.17, 15) is 0 Å². The quantitative estimate of drug-likeness (QED) is 0.175. The van der Waals surface area contributed by atoms with E-state index in [1.54, 1.807) is 0 Å². The van der Waals surface area contributed by atoms with E-state index >= 15 is 0 Å². The summed E-state index contributed by atoms with van der Waals surface area (Å²) in [5.41, 5.74) is 1.30. The van der Waals surface area contributed by atoms with Gasteiger partial charge >= 0.3 is 0 Å². The van der Waals surface area contributed by atoms with Crippen LogP contribution in [0.25, 0.3) is 0 Å². The normalized spacial score (nSPS) is 20.6. The van der Waals surface area contributed by atoms with Crippen LogP contribution in [0.15, 0.2) is 11.6 Å². The fourth-order valence-corrected chi connectivity index (χ4v) is 2.90. The van der Waals surface area contributed by atoms with Gasteiger partial charge in [0, 0.05) is 14.7 Å². The highest BCUT2D eigenvalue weighted by atomic mass is 28.3. The summed E-state index contributed by atoms with van der Waals surface area (Å²) >= 11 is 0. The Bertz CT molecular complexity index is 306. The molecule has 0 spiro atoms. The first-order valence-electron chi connectivity index (χ1n) is 8.29. The van der Waals surface area contributed by atoms with Crippen LogP contribution in [0.4, 0.5) is 0 Å². The van der Waals surface area contributed by atoms with Gasteiger partial charge in [-0.15, -0.1) is 0 Å². The molecular formula is C17H34O3Si. The van der Waals surface area contributed by atoms with Crippen molar-refractivity contribution in [1.82, 2.24) is 0 Å². The van der Waals surface area contributed by atoms with Crippen molar-refractivity contribution in [2.45, 2.75) is 64.9 Å². The van der Waals surface area contributed by atoms with E-state index in [2.05, 4.69) is 39.6 Å². The molecule has 0 bridgehead atoms. The lowest BCUT2D eigenvalue weighted by Crippen LogP contribution is -2.22. The van der Waals surface area contributed by atoms with Crippen LogP contribution in [0.5, 0.6) is 0 Å². The average Bonchev–Trinajstić information content (AvgIpc) is 3.16. The zero-order valence-corrected chi connectivity index (χ0v) is 15.6. The lowest BCUT2D eigenvalue weighted by molar-refractivity contribution is -0.0413. The Balaban J connectivity index is 1.94. The van der Waals surface area contributed by atoms with Crippen molar-refractivity contribution in [3.63, 3.8) is 0 Å². The van der Waals surface area contributed by atoms with Crippen LogP contribution in [0.3, 0.4) is 0 Å². The molecule has 0 aliphatic carbocycles. The van der Waals surface area contributed by atoms with Gasteiger partial charge in [0.25, 0.3) is 0 Å². The molecule has 0 radical (unpaired) electrons. The van der Waals surface area contributed by atoms with E-state index in [1.807, 2.05) is 0 Å². The molecule has 2 atom stereocenters. The maximum atomic E-state index is 5.55. The second kappa shape index (κ2) is 9.77. The zero-order chi connectivity index (χ0) is 15.7. The molecule has 0 saturated carbocycles. The minimum atomic E-state index is -0.976. The van der Waals surface area contributed by atoms with Gasteiger partial charge in [0.1, 0.15) is 6.79 Å². The highest BCUT2D eigenvalue weighted by Gasteiger charge is 2.24. The van der Waals surface area contributed by atoms with Gasteiger partial charge in [0.2, 0.25) is 0 Å². The van der Waals surface area contributed by atoms with Gasteiger partial charge in [-0.3, -0.25) is 0 Å². The Kier molecular flexibility index (Phi) is 8.79. The summed E-state index contributed by atoms with van der Waals surface area (Å²) in [6.07, 6.45) is 6.45. The molecule has 21 heavy (non-hydrogen) atoms. The molecule has 4 heteroatoms. The van der Waals surface area contributed by atoms with E-state index in [0.717, 1.165) is 25.6 Å². The number of hydrogen-bond acceptors (Lipinski definition) is 3. The number of allylic oxidation sites excluding steroid dienone is 1. The lowest BCUT2D eigenvalue weighted by Gasteiger charge is -2.15. The summed E-state index contributed by atoms with van der Waals surface area (Å²) in [6.45, 7) is 14.5. The van der Waals surface area contributed by atoms with E-state index in [-0.39, 0.29) is 0 Å². The molecule has 3 nitrogen and oxygen atoms in total. The van der Waals surface area contributed by atoms with E-state index in [4.69, 9.17) is 14.2 Å². The molecule has 1 rings (SSSR count). The Morgan fingerprint density at radius 1 is 1.33 bits per heavy atom. The molecule has 0 amide bonds. The first-order valence-corrected chi connectivity index (χ1v) is 12.0. The maximum absolute atomic E-state index is 5.55. The Hall–Kier alpha value is -0.163. The van der Waals surface area contributed by atoms with Crippen molar-refractivity contribution >= 4 is 8.07 Å². The van der Waals surface area contributed by atoms with Crippen molar-refractivity contribution in [3.8, 4) is 0 Å². The predicted molar refractivity (Wildman–Crippen MR) is 91.4 cm³/mol. The number of epoxide rings is 1. The lowest BCUT2D eigenvalue weighted by atomic mass is 9.99. The summed E-state index contributed by atoms with van der Waals surface area (Å²) < 4.78 is 16.3. The van der Waals surface area contributed by atoms with Gasteiger partial charge in [0.15, 0.2) is 0 Å². The van der Waals surface area contributed by atoms with Gasteiger partial charge in [-0.25, -0.2) is 0 Å². The minimum Gasteiger partial charge on any atom is -0.373 e. The zero-order valence-electron chi connectivity index (χ0n) is 14.6. The average molecular weight is 315 g/mol. The van der Waals surface area contributed by atoms with Gasteiger partial charge < -0.3 is 14.2 Å². The summed E-state index contributed by atoms with van der Waals surface area (Å²) in [7, 11) is -0.976. The molecule has 0 aromatic rings. The van der Waals surface area contributed by atoms with Gasteiger partial charge in [0.05, 0.1) is 19.3 Å². The van der Waals surface area contributed by atoms with Gasteiger partial charge in [-0.1, -0.05) is 38.2 Å².